The van der Waals surface area contributed by atoms with Crippen molar-refractivity contribution in [3.63, 3.8) is 0 Å². The van der Waals surface area contributed by atoms with Crippen LogP contribution in [0.5, 0.6) is 0 Å². The maximum Gasteiger partial charge on any atom is 0.126 e. The first-order valence-electron chi connectivity index (χ1n) is 6.67. The average Bonchev–Trinajstić information content (AvgIpc) is 2.97. The molecule has 0 radical (unpaired) electrons. The van der Waals surface area contributed by atoms with Crippen LogP contribution in [0.25, 0.3) is 0 Å². The minimum atomic E-state index is -0.167. The molecule has 2 unspecified atom stereocenters. The molecule has 0 saturated heterocycles. The van der Waals surface area contributed by atoms with Gasteiger partial charge in [-0.1, -0.05) is 6.92 Å². The number of hydrogen-bond donors (Lipinski definition) is 1. The molecule has 3 heteroatoms. The third kappa shape index (κ3) is 2.66. The SMILES string of the molecule is Cc1cc(N(C)CC2CC2C)c([C@H](C)N)cc1F. The summed E-state index contributed by atoms with van der Waals surface area (Å²) in [5, 5.41) is 0. The van der Waals surface area contributed by atoms with Gasteiger partial charge in [-0.05, 0) is 55.4 Å². The largest absolute Gasteiger partial charge is 0.374 e. The minimum Gasteiger partial charge on any atom is -0.374 e. The molecule has 3 atom stereocenters. The van der Waals surface area contributed by atoms with Gasteiger partial charge in [0.25, 0.3) is 0 Å². The second-order valence-corrected chi connectivity index (χ2v) is 5.80. The van der Waals surface area contributed by atoms with Gasteiger partial charge in [0.1, 0.15) is 5.82 Å². The van der Waals surface area contributed by atoms with Crippen LogP contribution < -0.4 is 10.6 Å². The Hall–Kier alpha value is -1.09. The van der Waals surface area contributed by atoms with Crippen molar-refractivity contribution in [1.29, 1.82) is 0 Å². The van der Waals surface area contributed by atoms with Crippen molar-refractivity contribution in [3.05, 3.63) is 29.1 Å². The van der Waals surface area contributed by atoms with Crippen molar-refractivity contribution in [2.24, 2.45) is 17.6 Å². The molecule has 0 heterocycles. The summed E-state index contributed by atoms with van der Waals surface area (Å²) >= 11 is 0. The summed E-state index contributed by atoms with van der Waals surface area (Å²) in [6, 6.07) is 3.36. The van der Waals surface area contributed by atoms with Gasteiger partial charge in [0, 0.05) is 25.3 Å². The molecule has 0 aliphatic heterocycles. The highest BCUT2D eigenvalue weighted by Crippen LogP contribution is 2.39. The number of rotatable bonds is 4. The summed E-state index contributed by atoms with van der Waals surface area (Å²) in [6.45, 7) is 7.02. The van der Waals surface area contributed by atoms with Crippen molar-refractivity contribution in [3.8, 4) is 0 Å². The lowest BCUT2D eigenvalue weighted by Gasteiger charge is -2.25. The Morgan fingerprint density at radius 3 is 2.61 bits per heavy atom. The predicted molar refractivity (Wildman–Crippen MR) is 74.3 cm³/mol. The first kappa shape index (κ1) is 13.3. The fraction of sp³-hybridized carbons (Fsp3) is 0.600. The molecule has 1 aromatic carbocycles. The van der Waals surface area contributed by atoms with Gasteiger partial charge < -0.3 is 10.6 Å². The zero-order valence-electron chi connectivity index (χ0n) is 11.7. The quantitative estimate of drug-likeness (QED) is 0.889. The van der Waals surface area contributed by atoms with Crippen LogP contribution in [-0.4, -0.2) is 13.6 Å². The van der Waals surface area contributed by atoms with Crippen LogP contribution in [0.4, 0.5) is 10.1 Å². The molecule has 2 rings (SSSR count). The van der Waals surface area contributed by atoms with Crippen LogP contribution in [0.1, 0.15) is 37.4 Å². The molecular formula is C15H23FN2. The van der Waals surface area contributed by atoms with Crippen LogP contribution in [0, 0.1) is 24.6 Å². The summed E-state index contributed by atoms with van der Waals surface area (Å²) in [6.07, 6.45) is 1.30. The predicted octanol–water partition coefficient (Wildman–Crippen LogP) is 3.25. The number of benzene rings is 1. The van der Waals surface area contributed by atoms with Crippen molar-refractivity contribution < 1.29 is 4.39 Å². The fourth-order valence-electron chi connectivity index (χ4n) is 2.48. The molecule has 1 aliphatic carbocycles. The second-order valence-electron chi connectivity index (χ2n) is 5.80. The standard InChI is InChI=1S/C15H23FN2/c1-9-5-12(9)8-18(4)15-6-10(2)14(16)7-13(15)11(3)17/h6-7,9,11-12H,5,8,17H2,1-4H3/t9?,11-,12?/m0/s1. The van der Waals surface area contributed by atoms with Gasteiger partial charge in [-0.25, -0.2) is 4.39 Å². The molecule has 2 N–H and O–H groups in total. The van der Waals surface area contributed by atoms with Crippen LogP contribution in [0.2, 0.25) is 0 Å². The number of nitrogens with two attached hydrogens (primary N) is 1. The van der Waals surface area contributed by atoms with Gasteiger partial charge in [0.2, 0.25) is 0 Å². The Kier molecular flexibility index (Phi) is 3.62. The first-order chi connectivity index (χ1) is 8.40. The molecule has 1 fully saturated rings. The van der Waals surface area contributed by atoms with E-state index in [2.05, 4.69) is 18.9 Å². The van der Waals surface area contributed by atoms with E-state index in [1.807, 2.05) is 13.0 Å². The lowest BCUT2D eigenvalue weighted by Crippen LogP contribution is -2.23. The van der Waals surface area contributed by atoms with E-state index >= 15 is 0 Å². The van der Waals surface area contributed by atoms with Gasteiger partial charge in [-0.3, -0.25) is 0 Å². The van der Waals surface area contributed by atoms with E-state index in [-0.39, 0.29) is 11.9 Å². The molecule has 0 spiro atoms. The average molecular weight is 250 g/mol. The van der Waals surface area contributed by atoms with Crippen molar-refractivity contribution >= 4 is 5.69 Å². The normalized spacial score (nSPS) is 23.9. The molecular weight excluding hydrogens is 227 g/mol. The molecule has 0 aromatic heterocycles. The van der Waals surface area contributed by atoms with E-state index in [4.69, 9.17) is 5.73 Å². The number of anilines is 1. The van der Waals surface area contributed by atoms with Gasteiger partial charge >= 0.3 is 0 Å². The minimum absolute atomic E-state index is 0.144. The zero-order valence-corrected chi connectivity index (χ0v) is 11.7. The number of nitrogens with zero attached hydrogens (tertiary/aromatic N) is 1. The Morgan fingerprint density at radius 1 is 1.50 bits per heavy atom. The van der Waals surface area contributed by atoms with Gasteiger partial charge in [-0.2, -0.15) is 0 Å². The van der Waals surface area contributed by atoms with Crippen LogP contribution >= 0.6 is 0 Å². The van der Waals surface area contributed by atoms with Crippen molar-refractivity contribution in [2.45, 2.75) is 33.2 Å². The molecule has 1 saturated carbocycles. The summed E-state index contributed by atoms with van der Waals surface area (Å²) in [5.74, 6) is 1.44. The number of aryl methyl sites for hydroxylation is 1. The molecule has 0 amide bonds. The Balaban J connectivity index is 2.26. The molecule has 100 valence electrons. The highest BCUT2D eigenvalue weighted by Gasteiger charge is 2.33. The van der Waals surface area contributed by atoms with Gasteiger partial charge in [0.05, 0.1) is 0 Å². The number of halogens is 1. The smallest absolute Gasteiger partial charge is 0.126 e. The lowest BCUT2D eigenvalue weighted by molar-refractivity contribution is 0.612. The molecule has 1 aromatic rings. The molecule has 1 aliphatic rings. The van der Waals surface area contributed by atoms with E-state index in [9.17, 15) is 4.39 Å². The Labute approximate surface area is 109 Å². The zero-order chi connectivity index (χ0) is 13.4. The second kappa shape index (κ2) is 4.88. The highest BCUT2D eigenvalue weighted by atomic mass is 19.1. The maximum atomic E-state index is 13.6. The highest BCUT2D eigenvalue weighted by molar-refractivity contribution is 5.56. The van der Waals surface area contributed by atoms with E-state index in [1.165, 1.54) is 6.42 Å². The summed E-state index contributed by atoms with van der Waals surface area (Å²) in [4.78, 5) is 2.22. The fourth-order valence-corrected chi connectivity index (χ4v) is 2.48. The number of hydrogen-bond acceptors (Lipinski definition) is 2. The topological polar surface area (TPSA) is 29.3 Å². The summed E-state index contributed by atoms with van der Waals surface area (Å²) < 4.78 is 13.6. The summed E-state index contributed by atoms with van der Waals surface area (Å²) in [5.41, 5.74) is 8.61. The third-order valence-electron chi connectivity index (χ3n) is 3.99. The van der Waals surface area contributed by atoms with Gasteiger partial charge in [-0.15, -0.1) is 0 Å². The van der Waals surface area contributed by atoms with Gasteiger partial charge in [0.15, 0.2) is 0 Å². The maximum absolute atomic E-state index is 13.6. The van der Waals surface area contributed by atoms with Crippen molar-refractivity contribution in [2.75, 3.05) is 18.5 Å². The van der Waals surface area contributed by atoms with E-state index in [0.717, 1.165) is 29.6 Å². The third-order valence-corrected chi connectivity index (χ3v) is 3.99. The van der Waals surface area contributed by atoms with E-state index in [1.54, 1.807) is 13.0 Å². The Bertz CT molecular complexity index is 442. The summed E-state index contributed by atoms with van der Waals surface area (Å²) in [7, 11) is 2.07. The van der Waals surface area contributed by atoms with E-state index < -0.39 is 0 Å². The van der Waals surface area contributed by atoms with E-state index in [0.29, 0.717) is 5.56 Å². The lowest BCUT2D eigenvalue weighted by atomic mass is 10.0. The van der Waals surface area contributed by atoms with Crippen LogP contribution in [-0.2, 0) is 0 Å². The monoisotopic (exact) mass is 250 g/mol. The first-order valence-corrected chi connectivity index (χ1v) is 6.67. The molecule has 0 bridgehead atoms. The molecule has 18 heavy (non-hydrogen) atoms. The van der Waals surface area contributed by atoms with Crippen LogP contribution in [0.15, 0.2) is 12.1 Å². The van der Waals surface area contributed by atoms with Crippen LogP contribution in [0.3, 0.4) is 0 Å². The van der Waals surface area contributed by atoms with Crippen molar-refractivity contribution in [1.82, 2.24) is 0 Å². The molecule has 2 nitrogen and oxygen atoms in total. The Morgan fingerprint density at radius 2 is 2.11 bits per heavy atom.